The van der Waals surface area contributed by atoms with Crippen LogP contribution in [0.25, 0.3) is 0 Å². The molecular formula is C16H27N3O2. The molecule has 0 spiro atoms. The summed E-state index contributed by atoms with van der Waals surface area (Å²) in [6.07, 6.45) is 1.84. The molecule has 0 saturated heterocycles. The van der Waals surface area contributed by atoms with Crippen LogP contribution in [0.15, 0.2) is 24.3 Å². The van der Waals surface area contributed by atoms with Crippen molar-refractivity contribution in [1.82, 2.24) is 10.2 Å². The van der Waals surface area contributed by atoms with Crippen molar-refractivity contribution in [3.8, 4) is 0 Å². The van der Waals surface area contributed by atoms with E-state index < -0.39 is 0 Å². The van der Waals surface area contributed by atoms with Gasteiger partial charge in [-0.2, -0.15) is 0 Å². The number of nitrogens with two attached hydrogens (primary N) is 1. The van der Waals surface area contributed by atoms with Crippen molar-refractivity contribution in [3.63, 3.8) is 0 Å². The van der Waals surface area contributed by atoms with Crippen LogP contribution in [0.3, 0.4) is 0 Å². The summed E-state index contributed by atoms with van der Waals surface area (Å²) in [6, 6.07) is 7.80. The molecule has 5 nitrogen and oxygen atoms in total. The highest BCUT2D eigenvalue weighted by Crippen LogP contribution is 2.13. The van der Waals surface area contributed by atoms with Gasteiger partial charge in [0.2, 0.25) is 5.91 Å². The number of amides is 1. The number of anilines is 1. The molecule has 1 aromatic carbocycles. The van der Waals surface area contributed by atoms with E-state index in [1.54, 1.807) is 7.11 Å². The first kappa shape index (κ1) is 17.5. The summed E-state index contributed by atoms with van der Waals surface area (Å²) in [7, 11) is 1.66. The number of carbonyl (C=O) groups excluding carboxylic acids is 1. The van der Waals surface area contributed by atoms with Gasteiger partial charge in [0.15, 0.2) is 0 Å². The predicted molar refractivity (Wildman–Crippen MR) is 85.9 cm³/mol. The zero-order valence-electron chi connectivity index (χ0n) is 13.1. The van der Waals surface area contributed by atoms with Crippen molar-refractivity contribution < 1.29 is 9.53 Å². The summed E-state index contributed by atoms with van der Waals surface area (Å²) >= 11 is 0. The van der Waals surface area contributed by atoms with E-state index in [-0.39, 0.29) is 5.91 Å². The molecule has 0 unspecified atom stereocenters. The fraction of sp³-hybridized carbons (Fsp3) is 0.562. The zero-order chi connectivity index (χ0) is 15.5. The van der Waals surface area contributed by atoms with E-state index in [4.69, 9.17) is 10.5 Å². The number of nitrogen functional groups attached to an aromatic ring is 1. The quantitative estimate of drug-likeness (QED) is 0.508. The van der Waals surface area contributed by atoms with E-state index in [1.807, 2.05) is 24.3 Å². The third-order valence-corrected chi connectivity index (χ3v) is 3.20. The van der Waals surface area contributed by atoms with Crippen LogP contribution < -0.4 is 11.1 Å². The van der Waals surface area contributed by atoms with Gasteiger partial charge in [0.05, 0.1) is 6.54 Å². The third kappa shape index (κ3) is 7.11. The van der Waals surface area contributed by atoms with Gasteiger partial charge in [0, 0.05) is 32.5 Å². The van der Waals surface area contributed by atoms with E-state index in [2.05, 4.69) is 17.1 Å². The topological polar surface area (TPSA) is 67.6 Å². The van der Waals surface area contributed by atoms with Gasteiger partial charge < -0.3 is 15.8 Å². The number of methoxy groups -OCH3 is 1. The highest BCUT2D eigenvalue weighted by atomic mass is 16.5. The first-order valence-corrected chi connectivity index (χ1v) is 7.48. The molecule has 0 radical (unpaired) electrons. The van der Waals surface area contributed by atoms with Crippen LogP contribution in [0, 0.1) is 0 Å². The molecule has 0 aliphatic carbocycles. The fourth-order valence-electron chi connectivity index (χ4n) is 2.15. The van der Waals surface area contributed by atoms with E-state index >= 15 is 0 Å². The maximum Gasteiger partial charge on any atom is 0.234 e. The third-order valence-electron chi connectivity index (χ3n) is 3.20. The molecular weight excluding hydrogens is 266 g/mol. The maximum atomic E-state index is 11.9. The lowest BCUT2D eigenvalue weighted by Gasteiger charge is -2.22. The molecule has 0 atom stereocenters. The van der Waals surface area contributed by atoms with Crippen LogP contribution in [0.1, 0.15) is 25.3 Å². The molecule has 0 aliphatic rings. The van der Waals surface area contributed by atoms with Crippen LogP contribution in [-0.2, 0) is 16.1 Å². The zero-order valence-corrected chi connectivity index (χ0v) is 13.1. The molecule has 0 saturated carbocycles. The van der Waals surface area contributed by atoms with Gasteiger partial charge in [-0.3, -0.25) is 9.69 Å². The van der Waals surface area contributed by atoms with Gasteiger partial charge in [0.25, 0.3) is 0 Å². The van der Waals surface area contributed by atoms with E-state index in [0.717, 1.165) is 30.6 Å². The molecule has 1 aromatic rings. The summed E-state index contributed by atoms with van der Waals surface area (Å²) in [6.45, 7) is 5.40. The number of hydrogen-bond donors (Lipinski definition) is 2. The minimum atomic E-state index is 0.0501. The molecule has 0 heterocycles. The average molecular weight is 293 g/mol. The van der Waals surface area contributed by atoms with E-state index in [9.17, 15) is 4.79 Å². The monoisotopic (exact) mass is 293 g/mol. The average Bonchev–Trinajstić information content (AvgIpc) is 2.46. The smallest absolute Gasteiger partial charge is 0.234 e. The lowest BCUT2D eigenvalue weighted by Crippen LogP contribution is -2.38. The molecule has 0 fully saturated rings. The van der Waals surface area contributed by atoms with Crippen molar-refractivity contribution in [2.45, 2.75) is 26.3 Å². The summed E-state index contributed by atoms with van der Waals surface area (Å²) in [4.78, 5) is 14.1. The molecule has 21 heavy (non-hydrogen) atoms. The summed E-state index contributed by atoms with van der Waals surface area (Å²) < 4.78 is 4.96. The van der Waals surface area contributed by atoms with Crippen molar-refractivity contribution in [1.29, 1.82) is 0 Å². The number of ether oxygens (including phenoxy) is 1. The van der Waals surface area contributed by atoms with Gasteiger partial charge in [-0.05, 0) is 31.0 Å². The van der Waals surface area contributed by atoms with Crippen molar-refractivity contribution in [2.24, 2.45) is 0 Å². The van der Waals surface area contributed by atoms with E-state index in [1.165, 1.54) is 0 Å². The first-order valence-electron chi connectivity index (χ1n) is 7.48. The Hall–Kier alpha value is -1.59. The molecule has 0 aliphatic heterocycles. The largest absolute Gasteiger partial charge is 0.398 e. The predicted octanol–water partition coefficient (Wildman–Crippen LogP) is 1.63. The second kappa shape index (κ2) is 10.2. The van der Waals surface area contributed by atoms with Crippen LogP contribution in [0.4, 0.5) is 5.69 Å². The Labute approximate surface area is 127 Å². The molecule has 0 bridgehead atoms. The summed E-state index contributed by atoms with van der Waals surface area (Å²) in [5, 5.41) is 2.91. The number of nitrogens with zero attached hydrogens (tertiary/aromatic N) is 1. The molecule has 1 amide bonds. The molecule has 118 valence electrons. The molecule has 5 heteroatoms. The molecule has 3 N–H and O–H groups in total. The summed E-state index contributed by atoms with van der Waals surface area (Å²) in [5.74, 6) is 0.0501. The van der Waals surface area contributed by atoms with Crippen LogP contribution in [-0.4, -0.2) is 44.2 Å². The Bertz CT molecular complexity index is 424. The summed E-state index contributed by atoms with van der Waals surface area (Å²) in [5.41, 5.74) is 7.81. The van der Waals surface area contributed by atoms with Gasteiger partial charge in [-0.25, -0.2) is 0 Å². The van der Waals surface area contributed by atoms with E-state index in [0.29, 0.717) is 26.2 Å². The lowest BCUT2D eigenvalue weighted by molar-refractivity contribution is -0.122. The Morgan fingerprint density at radius 3 is 2.81 bits per heavy atom. The highest BCUT2D eigenvalue weighted by molar-refractivity contribution is 5.78. The number of nitrogens with one attached hydrogen (secondary N) is 1. The normalized spacial score (nSPS) is 10.8. The fourth-order valence-corrected chi connectivity index (χ4v) is 2.15. The minimum absolute atomic E-state index is 0.0501. The van der Waals surface area contributed by atoms with Crippen LogP contribution >= 0.6 is 0 Å². The van der Waals surface area contributed by atoms with Crippen molar-refractivity contribution in [3.05, 3.63) is 29.8 Å². The number of rotatable bonds is 10. The molecule has 1 rings (SSSR count). The minimum Gasteiger partial charge on any atom is -0.398 e. The number of carbonyl (C=O) groups is 1. The number of benzene rings is 1. The van der Waals surface area contributed by atoms with Crippen molar-refractivity contribution in [2.75, 3.05) is 39.1 Å². The SMILES string of the molecule is CCCN(CC(=O)NCCCOC)Cc1ccccc1N. The maximum absolute atomic E-state index is 11.9. The lowest BCUT2D eigenvalue weighted by atomic mass is 10.1. The van der Waals surface area contributed by atoms with Gasteiger partial charge in [0.1, 0.15) is 0 Å². The highest BCUT2D eigenvalue weighted by Gasteiger charge is 2.11. The Balaban J connectivity index is 2.46. The van der Waals surface area contributed by atoms with Crippen LogP contribution in [0.5, 0.6) is 0 Å². The second-order valence-corrected chi connectivity index (χ2v) is 5.11. The standard InChI is InChI=1S/C16H27N3O2/c1-3-10-19(12-14-7-4-5-8-15(14)17)13-16(20)18-9-6-11-21-2/h4-5,7-8H,3,6,9-13,17H2,1-2H3,(H,18,20). The second-order valence-electron chi connectivity index (χ2n) is 5.11. The van der Waals surface area contributed by atoms with Gasteiger partial charge in [-0.15, -0.1) is 0 Å². The van der Waals surface area contributed by atoms with Crippen molar-refractivity contribution >= 4 is 11.6 Å². The Kier molecular flexibility index (Phi) is 8.47. The number of hydrogen-bond acceptors (Lipinski definition) is 4. The van der Waals surface area contributed by atoms with Crippen LogP contribution in [0.2, 0.25) is 0 Å². The molecule has 0 aromatic heterocycles. The van der Waals surface area contributed by atoms with Gasteiger partial charge >= 0.3 is 0 Å². The van der Waals surface area contributed by atoms with Gasteiger partial charge in [-0.1, -0.05) is 25.1 Å². The Morgan fingerprint density at radius 1 is 1.38 bits per heavy atom. The number of para-hydroxylation sites is 1. The Morgan fingerprint density at radius 2 is 2.14 bits per heavy atom. The first-order chi connectivity index (χ1) is 10.2.